The molecule has 0 amide bonds. The number of benzene rings is 2. The molecule has 3 rings (SSSR count). The molecule has 1 atom stereocenters. The third-order valence-corrected chi connectivity index (χ3v) is 5.41. The van der Waals surface area contributed by atoms with Crippen molar-refractivity contribution in [2.75, 3.05) is 6.26 Å². The Labute approximate surface area is 153 Å². The van der Waals surface area contributed by atoms with Crippen LogP contribution in [0, 0.1) is 24.1 Å². The Morgan fingerprint density at radius 2 is 1.96 bits per heavy atom. The van der Waals surface area contributed by atoms with Crippen LogP contribution in [0.2, 0.25) is 0 Å². The normalized spacial score (nSPS) is 18.0. The second-order valence-corrected chi connectivity index (χ2v) is 8.40. The summed E-state index contributed by atoms with van der Waals surface area (Å²) < 4.78 is 71.5. The largest absolute Gasteiger partial charge is 0.457 e. The zero-order valence-corrected chi connectivity index (χ0v) is 15.1. The first-order valence-electron chi connectivity index (χ1n) is 7.75. The van der Waals surface area contributed by atoms with Gasteiger partial charge in [-0.1, -0.05) is 0 Å². The molecule has 9 heteroatoms. The average molecular weight is 397 g/mol. The predicted octanol–water partition coefficient (Wildman–Crippen LogP) is 3.43. The summed E-state index contributed by atoms with van der Waals surface area (Å²) in [7, 11) is -3.89. The summed E-state index contributed by atoms with van der Waals surface area (Å²) in [5.74, 6) is -4.53. The van der Waals surface area contributed by atoms with E-state index in [0.717, 1.165) is 24.5 Å². The number of aliphatic hydroxyl groups is 1. The van der Waals surface area contributed by atoms with Gasteiger partial charge in [-0.05, 0) is 30.7 Å². The number of sulfone groups is 1. The van der Waals surface area contributed by atoms with Crippen LogP contribution in [0.3, 0.4) is 0 Å². The van der Waals surface area contributed by atoms with Gasteiger partial charge < -0.3 is 9.84 Å². The van der Waals surface area contributed by atoms with Crippen LogP contribution >= 0.6 is 0 Å². The van der Waals surface area contributed by atoms with Crippen LogP contribution < -0.4 is 4.74 Å². The number of fused-ring (bicyclic) bond motifs is 1. The Morgan fingerprint density at radius 3 is 2.56 bits per heavy atom. The van der Waals surface area contributed by atoms with Crippen molar-refractivity contribution in [2.24, 2.45) is 0 Å². The summed E-state index contributed by atoms with van der Waals surface area (Å²) in [6.45, 7) is 1.46. The van der Waals surface area contributed by atoms with Crippen LogP contribution in [0.15, 0.2) is 29.2 Å². The van der Waals surface area contributed by atoms with Gasteiger partial charge in [-0.2, -0.15) is 5.26 Å². The molecule has 1 N–H and O–H groups in total. The van der Waals surface area contributed by atoms with Crippen molar-refractivity contribution in [1.82, 2.24) is 0 Å². The maximum absolute atomic E-state index is 14.1. The first-order chi connectivity index (χ1) is 12.4. The lowest BCUT2D eigenvalue weighted by molar-refractivity contribution is -0.0976. The van der Waals surface area contributed by atoms with Crippen LogP contribution in [0.5, 0.6) is 11.5 Å². The highest BCUT2D eigenvalue weighted by molar-refractivity contribution is 7.90. The van der Waals surface area contributed by atoms with E-state index in [9.17, 15) is 26.7 Å². The van der Waals surface area contributed by atoms with E-state index in [1.165, 1.54) is 13.0 Å². The Kier molecular flexibility index (Phi) is 4.44. The standard InChI is InChI=1S/C18H14F3NO4S/c1-9-3-14(27(2,24)25)15-13(7-18(20,21)17(15)23)16(9)26-12-5-10(8-22)4-11(19)6-12/h3-6,17,23H,7H2,1-2H3. The number of ether oxygens (including phenoxy) is 1. The molecule has 142 valence electrons. The van der Waals surface area contributed by atoms with Gasteiger partial charge in [-0.15, -0.1) is 0 Å². The number of nitriles is 1. The predicted molar refractivity (Wildman–Crippen MR) is 89.1 cm³/mol. The van der Waals surface area contributed by atoms with E-state index in [0.29, 0.717) is 0 Å². The highest BCUT2D eigenvalue weighted by Gasteiger charge is 2.50. The van der Waals surface area contributed by atoms with Gasteiger partial charge in [0.1, 0.15) is 23.4 Å². The molecule has 0 fully saturated rings. The first-order valence-corrected chi connectivity index (χ1v) is 9.64. The maximum Gasteiger partial charge on any atom is 0.281 e. The molecule has 0 bridgehead atoms. The second-order valence-electron chi connectivity index (χ2n) is 6.41. The van der Waals surface area contributed by atoms with Gasteiger partial charge >= 0.3 is 0 Å². The molecule has 0 saturated heterocycles. The zero-order valence-electron chi connectivity index (χ0n) is 14.3. The molecule has 0 radical (unpaired) electrons. The molecule has 0 saturated carbocycles. The van der Waals surface area contributed by atoms with E-state index in [1.807, 2.05) is 0 Å². The minimum Gasteiger partial charge on any atom is -0.457 e. The second kappa shape index (κ2) is 6.25. The SMILES string of the molecule is Cc1cc(S(C)(=O)=O)c2c(c1Oc1cc(F)cc(C#N)c1)CC(F)(F)C2O. The molecular formula is C18H14F3NO4S. The van der Waals surface area contributed by atoms with E-state index < -0.39 is 44.6 Å². The van der Waals surface area contributed by atoms with Crippen molar-refractivity contribution in [1.29, 1.82) is 5.26 Å². The topological polar surface area (TPSA) is 87.4 Å². The van der Waals surface area contributed by atoms with E-state index in [4.69, 9.17) is 10.00 Å². The molecule has 0 aliphatic heterocycles. The van der Waals surface area contributed by atoms with E-state index in [1.54, 1.807) is 6.07 Å². The number of alkyl halides is 2. The number of halogens is 3. The molecular weight excluding hydrogens is 383 g/mol. The molecule has 2 aromatic rings. The average Bonchev–Trinajstić information content (AvgIpc) is 2.78. The maximum atomic E-state index is 14.1. The van der Waals surface area contributed by atoms with Gasteiger partial charge in [0.05, 0.1) is 16.5 Å². The summed E-state index contributed by atoms with van der Waals surface area (Å²) in [6.07, 6.45) is -2.37. The molecule has 1 aliphatic carbocycles. The fourth-order valence-corrected chi connectivity index (χ4v) is 4.15. The van der Waals surface area contributed by atoms with Crippen LogP contribution in [0.25, 0.3) is 0 Å². The summed E-state index contributed by atoms with van der Waals surface area (Å²) >= 11 is 0. The van der Waals surface area contributed by atoms with Crippen LogP contribution in [0.1, 0.15) is 28.4 Å². The Morgan fingerprint density at radius 1 is 1.30 bits per heavy atom. The fourth-order valence-electron chi connectivity index (χ4n) is 3.12. The number of hydrogen-bond donors (Lipinski definition) is 1. The van der Waals surface area contributed by atoms with Crippen molar-refractivity contribution in [3.05, 3.63) is 52.3 Å². The van der Waals surface area contributed by atoms with E-state index in [2.05, 4.69) is 0 Å². The smallest absolute Gasteiger partial charge is 0.281 e. The molecule has 0 aromatic heterocycles. The molecule has 1 aliphatic rings. The number of hydrogen-bond acceptors (Lipinski definition) is 5. The lowest BCUT2D eigenvalue weighted by atomic mass is 10.0. The van der Waals surface area contributed by atoms with E-state index in [-0.39, 0.29) is 28.2 Å². The van der Waals surface area contributed by atoms with Gasteiger partial charge in [0, 0.05) is 29.9 Å². The highest BCUT2D eigenvalue weighted by Crippen LogP contribution is 2.50. The van der Waals surface area contributed by atoms with Crippen molar-refractivity contribution in [3.63, 3.8) is 0 Å². The lowest BCUT2D eigenvalue weighted by Gasteiger charge is -2.17. The fraction of sp³-hybridized carbons (Fsp3) is 0.278. The highest BCUT2D eigenvalue weighted by atomic mass is 32.2. The Hall–Kier alpha value is -2.57. The molecule has 27 heavy (non-hydrogen) atoms. The lowest BCUT2D eigenvalue weighted by Crippen LogP contribution is -2.22. The summed E-state index contributed by atoms with van der Waals surface area (Å²) in [5.41, 5.74) is -0.380. The van der Waals surface area contributed by atoms with Crippen LogP contribution in [0.4, 0.5) is 13.2 Å². The number of aryl methyl sites for hydroxylation is 1. The molecule has 1 unspecified atom stereocenters. The van der Waals surface area contributed by atoms with Crippen molar-refractivity contribution in [3.8, 4) is 17.6 Å². The third kappa shape index (κ3) is 3.38. The van der Waals surface area contributed by atoms with Crippen molar-refractivity contribution < 1.29 is 31.4 Å². The summed E-state index contributed by atoms with van der Waals surface area (Å²) in [4.78, 5) is -0.399. The Balaban J connectivity index is 2.22. The minimum atomic E-state index is -3.89. The minimum absolute atomic E-state index is 0.0302. The first kappa shape index (κ1) is 19.2. The van der Waals surface area contributed by atoms with Gasteiger partial charge in [0.25, 0.3) is 5.92 Å². The van der Waals surface area contributed by atoms with Gasteiger partial charge in [-0.3, -0.25) is 0 Å². The molecule has 2 aromatic carbocycles. The summed E-state index contributed by atoms with van der Waals surface area (Å²) in [6, 6.07) is 6.07. The third-order valence-electron chi connectivity index (χ3n) is 4.28. The van der Waals surface area contributed by atoms with Crippen LogP contribution in [-0.4, -0.2) is 25.7 Å². The Bertz CT molecular complexity index is 1090. The number of nitrogens with zero attached hydrogens (tertiary/aromatic N) is 1. The molecule has 0 spiro atoms. The monoisotopic (exact) mass is 397 g/mol. The van der Waals surface area contributed by atoms with Gasteiger partial charge in [-0.25, -0.2) is 21.6 Å². The van der Waals surface area contributed by atoms with Crippen molar-refractivity contribution in [2.45, 2.75) is 30.3 Å². The quantitative estimate of drug-likeness (QED) is 0.858. The summed E-state index contributed by atoms with van der Waals surface area (Å²) in [5, 5.41) is 18.9. The van der Waals surface area contributed by atoms with Crippen molar-refractivity contribution >= 4 is 9.84 Å². The molecule has 5 nitrogen and oxygen atoms in total. The van der Waals surface area contributed by atoms with Gasteiger partial charge in [0.15, 0.2) is 9.84 Å². The zero-order chi connectivity index (χ0) is 20.1. The van der Waals surface area contributed by atoms with E-state index >= 15 is 0 Å². The van der Waals surface area contributed by atoms with Crippen LogP contribution in [-0.2, 0) is 16.3 Å². The number of rotatable bonds is 3. The number of aliphatic hydroxyl groups excluding tert-OH is 1. The molecule has 0 heterocycles. The van der Waals surface area contributed by atoms with Gasteiger partial charge in [0.2, 0.25) is 0 Å².